The van der Waals surface area contributed by atoms with E-state index in [4.69, 9.17) is 4.42 Å². The van der Waals surface area contributed by atoms with Gasteiger partial charge in [0.15, 0.2) is 0 Å². The van der Waals surface area contributed by atoms with Crippen LogP contribution in [0.1, 0.15) is 17.5 Å². The highest BCUT2D eigenvalue weighted by molar-refractivity contribution is 7.89. The highest BCUT2D eigenvalue weighted by atomic mass is 32.2. The minimum Gasteiger partial charge on any atom is -0.472 e. The summed E-state index contributed by atoms with van der Waals surface area (Å²) in [5, 5.41) is 0. The molecule has 0 radical (unpaired) electrons. The molecule has 7 heteroatoms. The van der Waals surface area contributed by atoms with E-state index >= 15 is 0 Å². The Morgan fingerprint density at radius 1 is 1.29 bits per heavy atom. The van der Waals surface area contributed by atoms with Gasteiger partial charge in [-0.2, -0.15) is 0 Å². The van der Waals surface area contributed by atoms with Crippen molar-refractivity contribution >= 4 is 21.6 Å². The molecule has 1 aromatic carbocycles. The molecule has 2 heterocycles. The molecule has 0 N–H and O–H groups in total. The van der Waals surface area contributed by atoms with Gasteiger partial charge in [-0.15, -0.1) is 0 Å². The van der Waals surface area contributed by atoms with E-state index in [0.29, 0.717) is 12.2 Å². The van der Waals surface area contributed by atoms with Crippen LogP contribution >= 0.6 is 0 Å². The van der Waals surface area contributed by atoms with Crippen LogP contribution in [-0.4, -0.2) is 39.3 Å². The van der Waals surface area contributed by atoms with Gasteiger partial charge in [-0.05, 0) is 42.2 Å². The number of benzene rings is 1. The van der Waals surface area contributed by atoms with Crippen molar-refractivity contribution in [2.75, 3.05) is 25.5 Å². The number of furan rings is 1. The van der Waals surface area contributed by atoms with E-state index in [1.807, 2.05) is 6.07 Å². The number of hydrogen-bond donors (Lipinski definition) is 0. The number of nitrogens with zero attached hydrogens (tertiary/aromatic N) is 2. The van der Waals surface area contributed by atoms with Crippen LogP contribution in [0.3, 0.4) is 0 Å². The zero-order valence-corrected chi connectivity index (χ0v) is 14.5. The fraction of sp³-hybridized carbons (Fsp3) is 0.353. The molecule has 0 saturated carbocycles. The smallest absolute Gasteiger partial charge is 0.242 e. The fourth-order valence-electron chi connectivity index (χ4n) is 2.85. The molecule has 1 aromatic heterocycles. The summed E-state index contributed by atoms with van der Waals surface area (Å²) >= 11 is 0. The van der Waals surface area contributed by atoms with Crippen LogP contribution in [-0.2, 0) is 27.7 Å². The Kier molecular flexibility index (Phi) is 4.47. The maximum Gasteiger partial charge on any atom is 0.242 e. The van der Waals surface area contributed by atoms with Crippen LogP contribution in [0.25, 0.3) is 0 Å². The minimum absolute atomic E-state index is 0.0586. The lowest BCUT2D eigenvalue weighted by Crippen LogP contribution is -2.36. The first-order valence-electron chi connectivity index (χ1n) is 7.76. The molecule has 0 aliphatic carbocycles. The largest absolute Gasteiger partial charge is 0.472 e. The van der Waals surface area contributed by atoms with E-state index < -0.39 is 10.0 Å². The van der Waals surface area contributed by atoms with Gasteiger partial charge in [-0.25, -0.2) is 12.7 Å². The summed E-state index contributed by atoms with van der Waals surface area (Å²) in [6.45, 7) is 0.592. The first kappa shape index (κ1) is 16.7. The molecule has 0 spiro atoms. The van der Waals surface area contributed by atoms with E-state index in [2.05, 4.69) is 0 Å². The molecule has 0 atom stereocenters. The molecule has 1 aliphatic rings. The molecule has 3 rings (SSSR count). The summed E-state index contributed by atoms with van der Waals surface area (Å²) in [7, 11) is -0.536. The maximum absolute atomic E-state index is 12.6. The lowest BCUT2D eigenvalue weighted by Gasteiger charge is -2.30. The van der Waals surface area contributed by atoms with Crippen LogP contribution in [0.4, 0.5) is 5.69 Å². The van der Waals surface area contributed by atoms with E-state index in [1.165, 1.54) is 24.7 Å². The van der Waals surface area contributed by atoms with Crippen LogP contribution in [0.15, 0.2) is 46.1 Å². The predicted molar refractivity (Wildman–Crippen MR) is 90.4 cm³/mol. The van der Waals surface area contributed by atoms with E-state index in [0.717, 1.165) is 24.0 Å². The summed E-state index contributed by atoms with van der Waals surface area (Å²) in [4.78, 5) is 14.5. The number of anilines is 1. The van der Waals surface area contributed by atoms with Gasteiger partial charge in [0.25, 0.3) is 0 Å². The summed E-state index contributed by atoms with van der Waals surface area (Å²) < 4.78 is 30.9. The van der Waals surface area contributed by atoms with E-state index in [-0.39, 0.29) is 17.2 Å². The fourth-order valence-corrected chi connectivity index (χ4v) is 3.77. The number of carbonyl (C=O) groups is 1. The number of hydrogen-bond acceptors (Lipinski definition) is 4. The molecule has 6 nitrogen and oxygen atoms in total. The van der Waals surface area contributed by atoms with Crippen molar-refractivity contribution in [3.63, 3.8) is 0 Å². The Bertz CT molecular complexity index is 841. The van der Waals surface area contributed by atoms with Gasteiger partial charge < -0.3 is 9.32 Å². The van der Waals surface area contributed by atoms with Gasteiger partial charge >= 0.3 is 0 Å². The van der Waals surface area contributed by atoms with Crippen LogP contribution < -0.4 is 4.90 Å². The maximum atomic E-state index is 12.6. The third-order valence-corrected chi connectivity index (χ3v) is 6.00. The number of amides is 1. The lowest BCUT2D eigenvalue weighted by atomic mass is 10.0. The Balaban J connectivity index is 1.95. The number of carbonyl (C=O) groups excluding carboxylic acids is 1. The van der Waals surface area contributed by atoms with E-state index in [9.17, 15) is 13.2 Å². The number of sulfonamides is 1. The topological polar surface area (TPSA) is 70.8 Å². The number of rotatable bonds is 4. The average molecular weight is 348 g/mol. The predicted octanol–water partition coefficient (Wildman–Crippen LogP) is 2.05. The molecule has 0 unspecified atom stereocenters. The van der Waals surface area contributed by atoms with Crippen molar-refractivity contribution in [1.82, 2.24) is 4.31 Å². The standard InChI is InChI=1S/C17H20N2O4S/c1-18(2)24(21,22)15-6-5-14-4-3-8-19(16(14)11-15)17(20)10-13-7-9-23-12-13/h5-7,9,11-12H,3-4,8,10H2,1-2H3. The second-order valence-electron chi connectivity index (χ2n) is 6.04. The molecule has 0 saturated heterocycles. The Morgan fingerprint density at radius 2 is 2.08 bits per heavy atom. The van der Waals surface area contributed by atoms with Gasteiger partial charge in [-0.1, -0.05) is 6.07 Å². The van der Waals surface area contributed by atoms with E-state index in [1.54, 1.807) is 29.4 Å². The summed E-state index contributed by atoms with van der Waals surface area (Å²) in [6, 6.07) is 6.79. The van der Waals surface area contributed by atoms with Crippen LogP contribution in [0.2, 0.25) is 0 Å². The van der Waals surface area contributed by atoms with Crippen molar-refractivity contribution in [3.05, 3.63) is 47.9 Å². The molecular formula is C17H20N2O4S. The first-order chi connectivity index (χ1) is 11.4. The van der Waals surface area contributed by atoms with Crippen LogP contribution in [0.5, 0.6) is 0 Å². The van der Waals surface area contributed by atoms with Gasteiger partial charge in [0.05, 0.1) is 23.8 Å². The Hall–Kier alpha value is -2.12. The lowest BCUT2D eigenvalue weighted by molar-refractivity contribution is -0.118. The Morgan fingerprint density at radius 3 is 2.75 bits per heavy atom. The van der Waals surface area contributed by atoms with Gasteiger partial charge in [0, 0.05) is 26.3 Å². The zero-order valence-electron chi connectivity index (χ0n) is 13.7. The number of fused-ring (bicyclic) bond motifs is 1. The molecular weight excluding hydrogens is 328 g/mol. The molecule has 0 bridgehead atoms. The van der Waals surface area contributed by atoms with Crippen molar-refractivity contribution < 1.29 is 17.6 Å². The SMILES string of the molecule is CN(C)S(=O)(=O)c1ccc2c(c1)N(C(=O)Cc1ccoc1)CCC2. The highest BCUT2D eigenvalue weighted by Crippen LogP contribution is 2.31. The number of aryl methyl sites for hydroxylation is 1. The molecule has 0 fully saturated rings. The summed E-state index contributed by atoms with van der Waals surface area (Å²) in [6.07, 6.45) is 5.03. The van der Waals surface area contributed by atoms with Crippen molar-refractivity contribution in [3.8, 4) is 0 Å². The third-order valence-electron chi connectivity index (χ3n) is 4.19. The first-order valence-corrected chi connectivity index (χ1v) is 9.20. The van der Waals surface area contributed by atoms with Crippen molar-refractivity contribution in [2.24, 2.45) is 0 Å². The molecule has 1 aliphatic heterocycles. The van der Waals surface area contributed by atoms with Crippen molar-refractivity contribution in [2.45, 2.75) is 24.2 Å². The molecule has 24 heavy (non-hydrogen) atoms. The second-order valence-corrected chi connectivity index (χ2v) is 8.19. The Labute approximate surface area is 141 Å². The minimum atomic E-state index is -3.53. The van der Waals surface area contributed by atoms with Gasteiger partial charge in [0.1, 0.15) is 0 Å². The third kappa shape index (κ3) is 3.09. The van der Waals surface area contributed by atoms with Gasteiger partial charge in [-0.3, -0.25) is 4.79 Å². The average Bonchev–Trinajstić information content (AvgIpc) is 3.06. The monoisotopic (exact) mass is 348 g/mol. The quantitative estimate of drug-likeness (QED) is 0.848. The molecule has 2 aromatic rings. The van der Waals surface area contributed by atoms with Crippen LogP contribution in [0, 0.1) is 0 Å². The second kappa shape index (κ2) is 6.41. The normalized spacial score (nSPS) is 14.7. The summed E-state index contributed by atoms with van der Waals surface area (Å²) in [5.41, 5.74) is 2.50. The summed E-state index contributed by atoms with van der Waals surface area (Å²) in [5.74, 6) is -0.0586. The highest BCUT2D eigenvalue weighted by Gasteiger charge is 2.26. The zero-order chi connectivity index (χ0) is 17.3. The van der Waals surface area contributed by atoms with Crippen molar-refractivity contribution in [1.29, 1.82) is 0 Å². The molecule has 128 valence electrons. The molecule has 1 amide bonds. The van der Waals surface area contributed by atoms with Gasteiger partial charge in [0.2, 0.25) is 15.9 Å².